The van der Waals surface area contributed by atoms with Gasteiger partial charge in [0.15, 0.2) is 11.5 Å². The van der Waals surface area contributed by atoms with Gasteiger partial charge < -0.3 is 19.5 Å². The molecular formula is C21H26ClFNO3+. The van der Waals surface area contributed by atoms with Gasteiger partial charge in [-0.15, -0.1) is 0 Å². The summed E-state index contributed by atoms with van der Waals surface area (Å²) in [6.07, 6.45) is 2.64. The van der Waals surface area contributed by atoms with Crippen molar-refractivity contribution in [3.05, 3.63) is 58.4 Å². The van der Waals surface area contributed by atoms with Crippen LogP contribution in [0.3, 0.4) is 0 Å². The van der Waals surface area contributed by atoms with Crippen molar-refractivity contribution in [3.63, 3.8) is 0 Å². The molecule has 146 valence electrons. The number of hydrogen-bond acceptors (Lipinski definition) is 3. The van der Waals surface area contributed by atoms with Gasteiger partial charge in [0.25, 0.3) is 0 Å². The number of hydrogen-bond donors (Lipinski definition) is 1. The van der Waals surface area contributed by atoms with Crippen LogP contribution in [0.4, 0.5) is 4.39 Å². The van der Waals surface area contributed by atoms with Gasteiger partial charge >= 0.3 is 0 Å². The average molecular weight is 395 g/mol. The van der Waals surface area contributed by atoms with Crippen LogP contribution in [0.5, 0.6) is 11.5 Å². The molecule has 1 aliphatic heterocycles. The maximum atomic E-state index is 13.0. The number of ether oxygens (including phenoxy) is 3. The highest BCUT2D eigenvalue weighted by molar-refractivity contribution is 6.32. The average Bonchev–Trinajstić information content (AvgIpc) is 3.16. The monoisotopic (exact) mass is 394 g/mol. The third-order valence-corrected chi connectivity index (χ3v) is 4.78. The fourth-order valence-electron chi connectivity index (χ4n) is 3.14. The van der Waals surface area contributed by atoms with Crippen LogP contribution in [-0.2, 0) is 17.9 Å². The number of rotatable bonds is 9. The molecule has 1 atom stereocenters. The summed E-state index contributed by atoms with van der Waals surface area (Å²) in [5, 5.41) is 2.75. The molecular weight excluding hydrogens is 369 g/mol. The molecule has 1 heterocycles. The Kier molecular flexibility index (Phi) is 7.33. The SMILES string of the molecule is CCOc1cc(C[NH2+]C[C@H]2CCCO2)cc(Cl)c1OCc1ccc(F)cc1. The minimum Gasteiger partial charge on any atom is -0.490 e. The molecule has 2 aromatic carbocycles. The van der Waals surface area contributed by atoms with Crippen LogP contribution < -0.4 is 14.8 Å². The fraction of sp³-hybridized carbons (Fsp3) is 0.429. The Labute approximate surface area is 164 Å². The Morgan fingerprint density at radius 3 is 2.70 bits per heavy atom. The largest absolute Gasteiger partial charge is 0.490 e. The van der Waals surface area contributed by atoms with Crippen LogP contribution in [0.1, 0.15) is 30.9 Å². The van der Waals surface area contributed by atoms with Gasteiger partial charge in [-0.3, -0.25) is 0 Å². The molecule has 6 heteroatoms. The van der Waals surface area contributed by atoms with Crippen LogP contribution >= 0.6 is 11.6 Å². The second kappa shape index (κ2) is 9.93. The standard InChI is InChI=1S/C21H25ClFNO3/c1-2-25-20-11-16(12-24-13-18-4-3-9-26-18)10-19(22)21(20)27-14-15-5-7-17(23)8-6-15/h5-8,10-11,18,24H,2-4,9,12-14H2,1H3/p+1/t18-/m1/s1. The molecule has 0 amide bonds. The molecule has 0 saturated carbocycles. The van der Waals surface area contributed by atoms with Gasteiger partial charge in [-0.25, -0.2) is 4.39 Å². The maximum Gasteiger partial charge on any atom is 0.180 e. The normalized spacial score (nSPS) is 16.5. The van der Waals surface area contributed by atoms with Crippen molar-refractivity contribution >= 4 is 11.6 Å². The van der Waals surface area contributed by atoms with Crippen molar-refractivity contribution < 1.29 is 23.9 Å². The predicted molar refractivity (Wildman–Crippen MR) is 103 cm³/mol. The third-order valence-electron chi connectivity index (χ3n) is 4.50. The molecule has 0 bridgehead atoms. The number of quaternary nitrogens is 1. The third kappa shape index (κ3) is 5.83. The Morgan fingerprint density at radius 1 is 1.19 bits per heavy atom. The molecule has 27 heavy (non-hydrogen) atoms. The van der Waals surface area contributed by atoms with Gasteiger partial charge in [0.05, 0.1) is 11.6 Å². The molecule has 0 radical (unpaired) electrons. The van der Waals surface area contributed by atoms with E-state index in [4.69, 9.17) is 25.8 Å². The minimum absolute atomic E-state index is 0.268. The second-order valence-corrected chi connectivity index (χ2v) is 7.02. The summed E-state index contributed by atoms with van der Waals surface area (Å²) >= 11 is 6.46. The zero-order valence-electron chi connectivity index (χ0n) is 15.5. The van der Waals surface area contributed by atoms with Crippen molar-refractivity contribution in [2.45, 2.75) is 39.0 Å². The van der Waals surface area contributed by atoms with Gasteiger partial charge in [0.1, 0.15) is 31.6 Å². The first-order chi connectivity index (χ1) is 13.2. The molecule has 1 aliphatic rings. The summed E-state index contributed by atoms with van der Waals surface area (Å²) in [6, 6.07) is 10.1. The van der Waals surface area contributed by atoms with E-state index in [1.807, 2.05) is 19.1 Å². The first-order valence-corrected chi connectivity index (χ1v) is 9.79. The maximum absolute atomic E-state index is 13.0. The van der Waals surface area contributed by atoms with E-state index in [0.29, 0.717) is 35.8 Å². The van der Waals surface area contributed by atoms with E-state index in [0.717, 1.165) is 43.7 Å². The smallest absolute Gasteiger partial charge is 0.180 e. The zero-order chi connectivity index (χ0) is 19.1. The molecule has 0 aliphatic carbocycles. The van der Waals surface area contributed by atoms with Crippen molar-refractivity contribution in [1.29, 1.82) is 0 Å². The summed E-state index contributed by atoms with van der Waals surface area (Å²) in [7, 11) is 0. The quantitative estimate of drug-likeness (QED) is 0.705. The highest BCUT2D eigenvalue weighted by Gasteiger charge is 2.18. The van der Waals surface area contributed by atoms with Crippen LogP contribution in [0.15, 0.2) is 36.4 Å². The van der Waals surface area contributed by atoms with E-state index in [9.17, 15) is 4.39 Å². The van der Waals surface area contributed by atoms with Crippen LogP contribution in [0.25, 0.3) is 0 Å². The highest BCUT2D eigenvalue weighted by atomic mass is 35.5. The second-order valence-electron chi connectivity index (χ2n) is 6.62. The molecule has 1 fully saturated rings. The van der Waals surface area contributed by atoms with Crippen molar-refractivity contribution in [2.75, 3.05) is 19.8 Å². The summed E-state index contributed by atoms with van der Waals surface area (Å²) in [5.74, 6) is 0.883. The van der Waals surface area contributed by atoms with E-state index in [-0.39, 0.29) is 5.82 Å². The van der Waals surface area contributed by atoms with Gasteiger partial charge in [0, 0.05) is 12.2 Å². The lowest BCUT2D eigenvalue weighted by molar-refractivity contribution is -0.676. The van der Waals surface area contributed by atoms with Gasteiger partial charge in [-0.1, -0.05) is 23.7 Å². The summed E-state index contributed by atoms with van der Waals surface area (Å²) in [5.41, 5.74) is 1.94. The van der Waals surface area contributed by atoms with Crippen LogP contribution in [0, 0.1) is 5.82 Å². The van der Waals surface area contributed by atoms with Gasteiger partial charge in [-0.2, -0.15) is 0 Å². The summed E-state index contributed by atoms with van der Waals surface area (Å²) in [4.78, 5) is 0. The van der Waals surface area contributed by atoms with E-state index in [1.165, 1.54) is 12.1 Å². The highest BCUT2D eigenvalue weighted by Crippen LogP contribution is 2.37. The molecule has 2 aromatic rings. The van der Waals surface area contributed by atoms with Crippen LogP contribution in [-0.4, -0.2) is 25.9 Å². The van der Waals surface area contributed by atoms with E-state index in [1.54, 1.807) is 12.1 Å². The molecule has 0 spiro atoms. The topological polar surface area (TPSA) is 44.3 Å². The van der Waals surface area contributed by atoms with Gasteiger partial charge in [0.2, 0.25) is 0 Å². The molecule has 3 rings (SSSR count). The van der Waals surface area contributed by atoms with E-state index in [2.05, 4.69) is 5.32 Å². The number of halogens is 2. The summed E-state index contributed by atoms with van der Waals surface area (Å²) in [6.45, 7) is 5.37. The Hall–Kier alpha value is -1.82. The van der Waals surface area contributed by atoms with E-state index < -0.39 is 0 Å². The first kappa shape index (κ1) is 19.9. The van der Waals surface area contributed by atoms with Gasteiger partial charge in [-0.05, 0) is 49.6 Å². The lowest BCUT2D eigenvalue weighted by Gasteiger charge is -2.15. The fourth-order valence-corrected chi connectivity index (χ4v) is 3.43. The number of benzene rings is 2. The Morgan fingerprint density at radius 2 is 2.00 bits per heavy atom. The lowest BCUT2D eigenvalue weighted by atomic mass is 10.2. The predicted octanol–water partition coefficient (Wildman–Crippen LogP) is 3.70. The van der Waals surface area contributed by atoms with Crippen molar-refractivity contribution in [2.24, 2.45) is 0 Å². The molecule has 0 unspecified atom stereocenters. The minimum atomic E-state index is -0.268. The Balaban J connectivity index is 1.64. The van der Waals surface area contributed by atoms with Crippen LogP contribution in [0.2, 0.25) is 5.02 Å². The molecule has 1 saturated heterocycles. The van der Waals surface area contributed by atoms with E-state index >= 15 is 0 Å². The first-order valence-electron chi connectivity index (χ1n) is 9.41. The number of nitrogens with two attached hydrogens (primary N) is 1. The molecule has 4 nitrogen and oxygen atoms in total. The lowest BCUT2D eigenvalue weighted by Crippen LogP contribution is -2.84. The van der Waals surface area contributed by atoms with Crippen molar-refractivity contribution in [1.82, 2.24) is 0 Å². The zero-order valence-corrected chi connectivity index (χ0v) is 16.3. The molecule has 0 aromatic heterocycles. The van der Waals surface area contributed by atoms with Crippen molar-refractivity contribution in [3.8, 4) is 11.5 Å². The summed E-state index contributed by atoms with van der Waals surface area (Å²) < 4.78 is 30.3. The molecule has 2 N–H and O–H groups in total. The Bertz CT molecular complexity index is 733.